The molecule has 6 heteroatoms. The summed E-state index contributed by atoms with van der Waals surface area (Å²) in [6, 6.07) is 3.97. The zero-order valence-electron chi connectivity index (χ0n) is 12.2. The van der Waals surface area contributed by atoms with Crippen molar-refractivity contribution in [2.45, 2.75) is 25.7 Å². The van der Waals surface area contributed by atoms with Crippen molar-refractivity contribution in [2.75, 3.05) is 31.1 Å². The Morgan fingerprint density at radius 1 is 1.24 bits per heavy atom. The molecule has 2 saturated heterocycles. The van der Waals surface area contributed by atoms with Crippen LogP contribution in [0.5, 0.6) is 0 Å². The van der Waals surface area contributed by atoms with E-state index < -0.39 is 0 Å². The maximum atomic E-state index is 11.9. The van der Waals surface area contributed by atoms with Crippen molar-refractivity contribution in [1.82, 2.24) is 15.6 Å². The van der Waals surface area contributed by atoms with Gasteiger partial charge in [0.2, 0.25) is 11.8 Å². The highest BCUT2D eigenvalue weighted by Crippen LogP contribution is 2.27. The van der Waals surface area contributed by atoms with Crippen molar-refractivity contribution < 1.29 is 9.59 Å². The van der Waals surface area contributed by atoms with Crippen LogP contribution in [-0.2, 0) is 9.59 Å². The molecule has 0 radical (unpaired) electrons. The van der Waals surface area contributed by atoms with Crippen molar-refractivity contribution in [1.29, 1.82) is 0 Å². The number of aryl methyl sites for hydroxylation is 1. The molecule has 2 N–H and O–H groups in total. The van der Waals surface area contributed by atoms with Gasteiger partial charge < -0.3 is 10.2 Å². The number of rotatable bonds is 2. The number of carbonyl (C=O) groups excluding carboxylic acids is 2. The Bertz CT molecular complexity index is 567. The average Bonchev–Trinajstić information content (AvgIpc) is 2.48. The number of hydrogen-bond acceptors (Lipinski definition) is 5. The minimum atomic E-state index is -0.307. The number of hydrogen-bond donors (Lipinski definition) is 2. The summed E-state index contributed by atoms with van der Waals surface area (Å²) in [6.45, 7) is 5.88. The van der Waals surface area contributed by atoms with Crippen LogP contribution in [0.3, 0.4) is 0 Å². The van der Waals surface area contributed by atoms with Crippen LogP contribution in [0.4, 0.5) is 5.69 Å². The first-order valence-corrected chi connectivity index (χ1v) is 7.42. The highest BCUT2D eigenvalue weighted by molar-refractivity contribution is 6.00. The normalized spacial score (nSPS) is 23.1. The predicted molar refractivity (Wildman–Crippen MR) is 79.2 cm³/mol. The van der Waals surface area contributed by atoms with Gasteiger partial charge >= 0.3 is 0 Å². The van der Waals surface area contributed by atoms with Gasteiger partial charge in [-0.15, -0.1) is 0 Å². The number of nitrogens with one attached hydrogen (secondary N) is 2. The molecule has 0 spiro atoms. The first-order valence-electron chi connectivity index (χ1n) is 7.42. The van der Waals surface area contributed by atoms with E-state index in [1.165, 1.54) is 0 Å². The Labute approximate surface area is 123 Å². The minimum absolute atomic E-state index is 0.189. The van der Waals surface area contributed by atoms with Crippen molar-refractivity contribution in [3.05, 3.63) is 23.5 Å². The number of imide groups is 1. The van der Waals surface area contributed by atoms with Crippen LogP contribution in [0.15, 0.2) is 12.1 Å². The quantitative estimate of drug-likeness (QED) is 0.767. The summed E-state index contributed by atoms with van der Waals surface area (Å²) in [5.41, 5.74) is 2.84. The first kappa shape index (κ1) is 14.0. The van der Waals surface area contributed by atoms with Gasteiger partial charge in [-0.3, -0.25) is 19.9 Å². The van der Waals surface area contributed by atoms with Crippen LogP contribution in [0, 0.1) is 6.92 Å². The lowest BCUT2D eigenvalue weighted by Crippen LogP contribution is -2.44. The van der Waals surface area contributed by atoms with E-state index in [-0.39, 0.29) is 17.7 Å². The van der Waals surface area contributed by atoms with Crippen molar-refractivity contribution >= 4 is 17.5 Å². The standard InChI is InChI=1S/C15H20N4O2/c1-10-13(19-8-6-16-7-9-19)4-3-12(17-10)11-2-5-14(20)18-15(11)21/h3-4,11,16H,2,5-9H2,1H3,(H,18,20,21). The number of anilines is 1. The molecule has 21 heavy (non-hydrogen) atoms. The molecule has 2 aliphatic rings. The lowest BCUT2D eigenvalue weighted by atomic mass is 9.94. The summed E-state index contributed by atoms with van der Waals surface area (Å²) in [7, 11) is 0. The largest absolute Gasteiger partial charge is 0.368 e. The smallest absolute Gasteiger partial charge is 0.235 e. The summed E-state index contributed by atoms with van der Waals surface area (Å²) >= 11 is 0. The topological polar surface area (TPSA) is 74.3 Å². The van der Waals surface area contributed by atoms with E-state index in [0.717, 1.165) is 43.3 Å². The molecule has 1 atom stereocenters. The second-order valence-corrected chi connectivity index (χ2v) is 5.58. The summed E-state index contributed by atoms with van der Waals surface area (Å²) in [5, 5.41) is 5.72. The van der Waals surface area contributed by atoms with E-state index in [9.17, 15) is 9.59 Å². The number of piperidine rings is 1. The summed E-state index contributed by atoms with van der Waals surface area (Å²) in [6.07, 6.45) is 0.931. The fourth-order valence-corrected chi connectivity index (χ4v) is 2.98. The fourth-order valence-electron chi connectivity index (χ4n) is 2.98. The predicted octanol–water partition coefficient (Wildman–Crippen LogP) is 0.320. The van der Waals surface area contributed by atoms with Crippen molar-refractivity contribution in [2.24, 2.45) is 0 Å². The molecule has 6 nitrogen and oxygen atoms in total. The van der Waals surface area contributed by atoms with Crippen molar-refractivity contribution in [3.63, 3.8) is 0 Å². The van der Waals surface area contributed by atoms with Gasteiger partial charge in [0, 0.05) is 32.6 Å². The van der Waals surface area contributed by atoms with Gasteiger partial charge in [0.15, 0.2) is 0 Å². The van der Waals surface area contributed by atoms with Crippen LogP contribution in [0.2, 0.25) is 0 Å². The number of pyridine rings is 1. The average molecular weight is 288 g/mol. The molecule has 112 valence electrons. The fraction of sp³-hybridized carbons (Fsp3) is 0.533. The molecule has 0 aliphatic carbocycles. The van der Waals surface area contributed by atoms with Gasteiger partial charge in [-0.05, 0) is 25.5 Å². The molecular weight excluding hydrogens is 268 g/mol. The van der Waals surface area contributed by atoms with Gasteiger partial charge in [0.05, 0.1) is 23.0 Å². The second kappa shape index (κ2) is 5.81. The van der Waals surface area contributed by atoms with Crippen LogP contribution in [0.1, 0.15) is 30.1 Å². The second-order valence-electron chi connectivity index (χ2n) is 5.58. The molecule has 0 aromatic carbocycles. The molecule has 3 rings (SSSR count). The molecule has 1 aromatic rings. The van der Waals surface area contributed by atoms with Crippen LogP contribution in [-0.4, -0.2) is 43.0 Å². The van der Waals surface area contributed by atoms with Gasteiger partial charge in [-0.2, -0.15) is 0 Å². The molecule has 1 unspecified atom stereocenters. The highest BCUT2D eigenvalue weighted by Gasteiger charge is 2.29. The van der Waals surface area contributed by atoms with Gasteiger partial charge in [-0.25, -0.2) is 0 Å². The monoisotopic (exact) mass is 288 g/mol. The van der Waals surface area contributed by atoms with Gasteiger partial charge in [-0.1, -0.05) is 0 Å². The third kappa shape index (κ3) is 2.90. The maximum absolute atomic E-state index is 11.9. The van der Waals surface area contributed by atoms with E-state index in [4.69, 9.17) is 0 Å². The third-order valence-electron chi connectivity index (χ3n) is 4.13. The SMILES string of the molecule is Cc1nc(C2CCC(=O)NC2=O)ccc1N1CCNCC1. The lowest BCUT2D eigenvalue weighted by Gasteiger charge is -2.30. The van der Waals surface area contributed by atoms with E-state index in [2.05, 4.69) is 20.5 Å². The number of carbonyl (C=O) groups is 2. The zero-order valence-corrected chi connectivity index (χ0v) is 12.2. The number of aromatic nitrogens is 1. The number of nitrogens with zero attached hydrogens (tertiary/aromatic N) is 2. The Hall–Kier alpha value is -1.95. The molecule has 2 fully saturated rings. The molecule has 3 heterocycles. The van der Waals surface area contributed by atoms with E-state index in [0.29, 0.717) is 12.8 Å². The van der Waals surface area contributed by atoms with E-state index >= 15 is 0 Å². The third-order valence-corrected chi connectivity index (χ3v) is 4.13. The number of amides is 2. The van der Waals surface area contributed by atoms with Crippen LogP contribution >= 0.6 is 0 Å². The van der Waals surface area contributed by atoms with E-state index in [1.807, 2.05) is 19.1 Å². The molecule has 2 amide bonds. The Morgan fingerprint density at radius 3 is 2.67 bits per heavy atom. The summed E-state index contributed by atoms with van der Waals surface area (Å²) in [5.74, 6) is -0.725. The van der Waals surface area contributed by atoms with Gasteiger partial charge in [0.25, 0.3) is 0 Å². The number of piperazine rings is 1. The van der Waals surface area contributed by atoms with Crippen molar-refractivity contribution in [3.8, 4) is 0 Å². The Morgan fingerprint density at radius 2 is 2.00 bits per heavy atom. The highest BCUT2D eigenvalue weighted by atomic mass is 16.2. The van der Waals surface area contributed by atoms with E-state index in [1.54, 1.807) is 0 Å². The first-order chi connectivity index (χ1) is 10.1. The maximum Gasteiger partial charge on any atom is 0.235 e. The molecule has 2 aliphatic heterocycles. The molecular formula is C15H20N4O2. The molecule has 0 bridgehead atoms. The van der Waals surface area contributed by atoms with Crippen LogP contribution < -0.4 is 15.5 Å². The minimum Gasteiger partial charge on any atom is -0.368 e. The zero-order chi connectivity index (χ0) is 14.8. The Balaban J connectivity index is 1.80. The molecule has 0 saturated carbocycles. The van der Waals surface area contributed by atoms with Crippen LogP contribution in [0.25, 0.3) is 0 Å². The summed E-state index contributed by atoms with van der Waals surface area (Å²) in [4.78, 5) is 30.1. The van der Waals surface area contributed by atoms with Gasteiger partial charge in [0.1, 0.15) is 0 Å². The lowest BCUT2D eigenvalue weighted by molar-refractivity contribution is -0.134. The summed E-state index contributed by atoms with van der Waals surface area (Å²) < 4.78 is 0. The Kier molecular flexibility index (Phi) is 3.88. The molecule has 1 aromatic heterocycles.